The molecule has 0 unspecified atom stereocenters. The van der Waals surface area contributed by atoms with E-state index in [-0.39, 0.29) is 16.2 Å². The van der Waals surface area contributed by atoms with Crippen LogP contribution in [0.15, 0.2) is 6.07 Å². The number of hydrogen-bond donors (Lipinski definition) is 0. The second kappa shape index (κ2) is 17.6. The average molecular weight is 930 g/mol. The van der Waals surface area contributed by atoms with Crippen LogP contribution in [0.25, 0.3) is 44.2 Å². The Balaban J connectivity index is 1.48. The number of fused-ring (bicyclic) bond motifs is 7. The summed E-state index contributed by atoms with van der Waals surface area (Å²) in [5, 5.41) is 2.91. The first-order chi connectivity index (χ1) is 34.1. The minimum absolute atomic E-state index is 0.136. The molecule has 7 aromatic rings. The zero-order valence-corrected chi connectivity index (χ0v) is 52.0. The number of nitrogens with zero attached hydrogens (tertiary/aromatic N) is 1. The lowest BCUT2D eigenvalue weighted by molar-refractivity contribution is 0.303. The van der Waals surface area contributed by atoms with Gasteiger partial charge < -0.3 is 4.90 Å². The molecule has 1 nitrogen and oxygen atoms in total. The van der Waals surface area contributed by atoms with Crippen molar-refractivity contribution in [1.29, 1.82) is 0 Å². The summed E-state index contributed by atoms with van der Waals surface area (Å²) < 4.78 is 0. The van der Waals surface area contributed by atoms with Crippen LogP contribution >= 0.6 is 0 Å². The smallest absolute Gasteiger partial charge is 0.142 e. The van der Waals surface area contributed by atoms with Crippen molar-refractivity contribution in [2.75, 3.05) is 4.90 Å². The van der Waals surface area contributed by atoms with Gasteiger partial charge in [0.05, 0.1) is 0 Å². The highest BCUT2D eigenvalue weighted by Crippen LogP contribution is 2.53. The maximum absolute atomic E-state index is 2.81. The Morgan fingerprint density at radius 2 is 0.554 bits per heavy atom. The standard InChI is InChI=1S/C49H67B24N/c1-47(2)18-12(23(52)14-15(24(18)53)28(57)37(66)36(65)27(14)56)13-19(47)34(63)45(42(71)26(13)55)74(46-43(72)31(60)17(32(61)44(46)73)16-29(58)38(67)41(70)39(68)30(16)59)9-7-8(50)10-11-21(33(62)40(69)35(64)25(11)54)49(5,6)48(3,4)20(10)22(9)51/h7H,50-73H2,1-6H3. The van der Waals surface area contributed by atoms with Gasteiger partial charge in [0.25, 0.3) is 0 Å². The molecule has 2 aliphatic carbocycles. The normalized spacial score (nSPS) is 14.6. The largest absolute Gasteiger partial charge is 0.313 e. The van der Waals surface area contributed by atoms with Gasteiger partial charge in [0.1, 0.15) is 188 Å². The van der Waals surface area contributed by atoms with Gasteiger partial charge in [0.15, 0.2) is 0 Å². The average Bonchev–Trinajstić information content (AvgIpc) is 3.59. The molecular formula is C49H67B24N. The van der Waals surface area contributed by atoms with Gasteiger partial charge in [-0.05, 0) is 83.3 Å². The van der Waals surface area contributed by atoms with E-state index in [2.05, 4.69) is 241 Å². The van der Waals surface area contributed by atoms with Crippen molar-refractivity contribution in [2.24, 2.45) is 0 Å². The van der Waals surface area contributed by atoms with Crippen LogP contribution in [0, 0.1) is 0 Å². The minimum atomic E-state index is -0.242. The summed E-state index contributed by atoms with van der Waals surface area (Å²) in [7, 11) is 57.4. The van der Waals surface area contributed by atoms with Crippen molar-refractivity contribution >= 4 is 347 Å². The highest BCUT2D eigenvalue weighted by atomic mass is 15.2. The van der Waals surface area contributed by atoms with Crippen LogP contribution < -0.4 is 136 Å². The van der Waals surface area contributed by atoms with E-state index in [1.807, 2.05) is 0 Å². The van der Waals surface area contributed by atoms with Crippen LogP contribution in [0.3, 0.4) is 0 Å². The number of benzene rings is 7. The fourth-order valence-corrected chi connectivity index (χ4v) is 16.2. The van der Waals surface area contributed by atoms with Gasteiger partial charge in [-0.15, -0.1) is 38.2 Å². The van der Waals surface area contributed by atoms with E-state index in [1.54, 1.807) is 0 Å². The first-order valence-corrected chi connectivity index (χ1v) is 28.0. The summed E-state index contributed by atoms with van der Waals surface area (Å²) in [5.74, 6) is 0. The van der Waals surface area contributed by atoms with Crippen LogP contribution in [0.2, 0.25) is 0 Å². The summed E-state index contributed by atoms with van der Waals surface area (Å²) in [6.07, 6.45) is 0. The molecule has 0 heterocycles. The third kappa shape index (κ3) is 6.77. The number of rotatable bonds is 4. The van der Waals surface area contributed by atoms with Crippen molar-refractivity contribution in [3.05, 3.63) is 28.3 Å². The van der Waals surface area contributed by atoms with Crippen molar-refractivity contribution in [3.63, 3.8) is 0 Å². The molecule has 25 heteroatoms. The van der Waals surface area contributed by atoms with E-state index >= 15 is 0 Å². The van der Waals surface area contributed by atoms with Crippen molar-refractivity contribution < 1.29 is 0 Å². The molecule has 0 spiro atoms. The Bertz CT molecular complexity index is 3760. The zero-order chi connectivity index (χ0) is 55.3. The highest BCUT2D eigenvalue weighted by molar-refractivity contribution is 6.73. The zero-order valence-electron chi connectivity index (χ0n) is 52.0. The fraction of sp³-hybridized carbons (Fsp3) is 0.184. The lowest BCUT2D eigenvalue weighted by Crippen LogP contribution is -2.58. The van der Waals surface area contributed by atoms with E-state index in [0.717, 1.165) is 0 Å². The van der Waals surface area contributed by atoms with E-state index < -0.39 is 0 Å². The molecule has 0 atom stereocenters. The van der Waals surface area contributed by atoms with E-state index in [9.17, 15) is 0 Å². The van der Waals surface area contributed by atoms with Gasteiger partial charge in [0.2, 0.25) is 0 Å². The second-order valence-corrected chi connectivity index (χ2v) is 26.0. The Kier molecular flexibility index (Phi) is 13.1. The highest BCUT2D eigenvalue weighted by Gasteiger charge is 2.50. The summed E-state index contributed by atoms with van der Waals surface area (Å²) in [4.78, 5) is 2.81. The van der Waals surface area contributed by atoms with E-state index in [4.69, 9.17) is 0 Å². The summed E-state index contributed by atoms with van der Waals surface area (Å²) >= 11 is 0. The van der Waals surface area contributed by atoms with Gasteiger partial charge in [-0.25, -0.2) is 0 Å². The third-order valence-electron chi connectivity index (χ3n) is 22.2. The Hall–Kier alpha value is -3.84. The second-order valence-electron chi connectivity index (χ2n) is 26.0. The Morgan fingerprint density at radius 1 is 0.257 bits per heavy atom. The molecule has 0 bridgehead atoms. The quantitative estimate of drug-likeness (QED) is 0.159. The minimum Gasteiger partial charge on any atom is -0.313 e. The van der Waals surface area contributed by atoms with Crippen LogP contribution in [0.1, 0.15) is 63.8 Å². The molecule has 0 aliphatic heterocycles. The predicted molar refractivity (Wildman–Crippen MR) is 409 cm³/mol. The Labute approximate surface area is 468 Å². The first kappa shape index (κ1) is 54.9. The number of hydrogen-bond acceptors (Lipinski definition) is 1. The molecule has 0 amide bonds. The predicted octanol–water partition coefficient (Wildman–Crippen LogP) is -28.3. The molecule has 7 aromatic carbocycles. The Morgan fingerprint density at radius 3 is 1.01 bits per heavy atom. The van der Waals surface area contributed by atoms with Crippen LogP contribution in [-0.4, -0.2) is 188 Å². The molecule has 0 saturated carbocycles. The molecule has 74 heavy (non-hydrogen) atoms. The van der Waals surface area contributed by atoms with E-state index in [1.165, 1.54) is 215 Å². The molecule has 340 valence electrons. The lowest BCUT2D eigenvalue weighted by atomic mass is 9.47. The molecule has 0 fully saturated rings. The molecule has 0 radical (unpaired) electrons. The maximum Gasteiger partial charge on any atom is 0.142 e. The third-order valence-corrected chi connectivity index (χ3v) is 22.2. The van der Waals surface area contributed by atoms with Gasteiger partial charge >= 0.3 is 0 Å². The molecule has 0 aromatic heterocycles. The molecule has 2 aliphatic rings. The van der Waals surface area contributed by atoms with Gasteiger partial charge in [-0.2, -0.15) is 0 Å². The summed E-state index contributed by atoms with van der Waals surface area (Å²) in [5.41, 5.74) is 51.8. The molecule has 0 N–H and O–H groups in total. The van der Waals surface area contributed by atoms with Crippen LogP contribution in [-0.2, 0) is 16.2 Å². The van der Waals surface area contributed by atoms with Crippen molar-refractivity contribution in [3.8, 4) is 33.4 Å². The lowest BCUT2D eigenvalue weighted by Gasteiger charge is -2.52. The first-order valence-electron chi connectivity index (χ1n) is 28.0. The van der Waals surface area contributed by atoms with Gasteiger partial charge in [0, 0.05) is 22.5 Å². The van der Waals surface area contributed by atoms with Gasteiger partial charge in [-0.1, -0.05) is 134 Å². The van der Waals surface area contributed by atoms with Crippen molar-refractivity contribution in [2.45, 2.75) is 57.8 Å². The SMILES string of the molecule is Bc1cc(N(c2c(B)c(B)c(-c3c(B)c(B)c(B)c(B)c3B)c(B)c2B)c2c(B)c(B)c3c(c2B)C(C)(C)c2c-3c(B)c3c(B)c(B)c(B)c(B)c3c2B)c(B)c2c1-c1c(B)c(B)c(B)c(B)c1C(C)(C)C2(C)C. The van der Waals surface area contributed by atoms with Crippen LogP contribution in [0.4, 0.5) is 17.1 Å². The van der Waals surface area contributed by atoms with Crippen LogP contribution in [0.5, 0.6) is 0 Å². The fourth-order valence-electron chi connectivity index (χ4n) is 16.2. The van der Waals surface area contributed by atoms with E-state index in [0.29, 0.717) is 0 Å². The topological polar surface area (TPSA) is 3.24 Å². The molecular weight excluding hydrogens is 862 g/mol. The monoisotopic (exact) mass is 934 g/mol. The molecule has 9 rings (SSSR count). The number of anilines is 3. The van der Waals surface area contributed by atoms with Gasteiger partial charge in [-0.3, -0.25) is 0 Å². The maximum atomic E-state index is 2.81. The van der Waals surface area contributed by atoms with Crippen molar-refractivity contribution in [1.82, 2.24) is 0 Å². The summed E-state index contributed by atoms with van der Waals surface area (Å²) in [6, 6.07) is 2.60. The molecule has 0 saturated heterocycles. The summed E-state index contributed by atoms with van der Waals surface area (Å²) in [6.45, 7) is 15.2.